The summed E-state index contributed by atoms with van der Waals surface area (Å²) in [5.74, 6) is 0.727. The van der Waals surface area contributed by atoms with Gasteiger partial charge in [0.05, 0.1) is 34.3 Å². The maximum absolute atomic E-state index is 13.8. The predicted molar refractivity (Wildman–Crippen MR) is 171 cm³/mol. The molecule has 0 unspecified atom stereocenters. The molecule has 0 radical (unpaired) electrons. The average molecular weight is 627 g/mol. The first-order chi connectivity index (χ1) is 21.5. The van der Waals surface area contributed by atoms with Crippen molar-refractivity contribution < 1.29 is 18.7 Å². The fraction of sp³-hybridized carbons (Fsp3) is 0.250. The Kier molecular flexibility index (Phi) is 8.02. The van der Waals surface area contributed by atoms with E-state index in [1.54, 1.807) is 47.0 Å². The van der Waals surface area contributed by atoms with Gasteiger partial charge in [0.15, 0.2) is 5.13 Å². The maximum Gasteiger partial charge on any atom is 0.324 e. The molecule has 0 saturated carbocycles. The molecule has 4 heterocycles. The smallest absolute Gasteiger partial charge is 0.324 e. The predicted octanol–water partition coefficient (Wildman–Crippen LogP) is 7.09. The zero-order chi connectivity index (χ0) is 31.7. The number of halogens is 1. The lowest BCUT2D eigenvalue weighted by Gasteiger charge is -2.14. The van der Waals surface area contributed by atoms with Crippen LogP contribution >= 0.6 is 11.3 Å². The van der Waals surface area contributed by atoms with Crippen LogP contribution in [0.4, 0.5) is 25.8 Å². The SMILES string of the molecule is Cc1cc(F)ccc1-n1nc(C(C)(C)C)cc1NC(=O)Nc1cnc(Oc2ccc(-c3cnc(N4CCCC4=O)s3)cc2)nc1. The Hall–Kier alpha value is -5.17. The van der Waals surface area contributed by atoms with Crippen LogP contribution in [0, 0.1) is 12.7 Å². The fourth-order valence-electron chi connectivity index (χ4n) is 4.76. The van der Waals surface area contributed by atoms with E-state index in [4.69, 9.17) is 9.84 Å². The van der Waals surface area contributed by atoms with Gasteiger partial charge < -0.3 is 10.1 Å². The van der Waals surface area contributed by atoms with Crippen molar-refractivity contribution in [1.29, 1.82) is 0 Å². The van der Waals surface area contributed by atoms with Crippen LogP contribution < -0.4 is 20.3 Å². The molecule has 0 aliphatic carbocycles. The molecule has 2 N–H and O–H groups in total. The summed E-state index contributed by atoms with van der Waals surface area (Å²) in [4.78, 5) is 40.5. The Morgan fingerprint density at radius 1 is 1.00 bits per heavy atom. The number of carbonyl (C=O) groups is 2. The molecule has 3 aromatic heterocycles. The van der Waals surface area contributed by atoms with Gasteiger partial charge in [-0.15, -0.1) is 0 Å². The molecule has 2 aromatic carbocycles. The van der Waals surface area contributed by atoms with Crippen molar-refractivity contribution in [3.8, 4) is 27.9 Å². The molecule has 45 heavy (non-hydrogen) atoms. The summed E-state index contributed by atoms with van der Waals surface area (Å²) in [6, 6.07) is 13.2. The number of thiazole rings is 1. The molecule has 11 nitrogen and oxygen atoms in total. The van der Waals surface area contributed by atoms with Crippen LogP contribution in [0.5, 0.6) is 11.8 Å². The van der Waals surface area contributed by atoms with Gasteiger partial charge in [-0.1, -0.05) is 32.1 Å². The Morgan fingerprint density at radius 3 is 2.42 bits per heavy atom. The lowest BCUT2D eigenvalue weighted by Crippen LogP contribution is -2.23. The number of benzene rings is 2. The molecule has 0 bridgehead atoms. The van der Waals surface area contributed by atoms with Gasteiger partial charge in [-0.3, -0.25) is 15.0 Å². The Balaban J connectivity index is 1.09. The third-order valence-electron chi connectivity index (χ3n) is 7.14. The van der Waals surface area contributed by atoms with E-state index in [0.717, 1.165) is 22.6 Å². The number of amides is 3. The number of aromatic nitrogens is 5. The van der Waals surface area contributed by atoms with Crippen molar-refractivity contribution in [3.63, 3.8) is 0 Å². The van der Waals surface area contributed by atoms with Gasteiger partial charge in [0.1, 0.15) is 17.4 Å². The van der Waals surface area contributed by atoms with Gasteiger partial charge in [0.25, 0.3) is 0 Å². The number of ether oxygens (including phenoxy) is 1. The summed E-state index contributed by atoms with van der Waals surface area (Å²) in [6.45, 7) is 8.55. The number of hydrogen-bond acceptors (Lipinski definition) is 8. The van der Waals surface area contributed by atoms with Gasteiger partial charge in [0, 0.05) is 30.6 Å². The lowest BCUT2D eigenvalue weighted by atomic mass is 9.92. The molecular formula is C32H31FN8O3S. The number of urea groups is 1. The van der Waals surface area contributed by atoms with Crippen molar-refractivity contribution in [1.82, 2.24) is 24.7 Å². The van der Waals surface area contributed by atoms with Gasteiger partial charge in [-0.25, -0.2) is 28.8 Å². The molecule has 13 heteroatoms. The summed E-state index contributed by atoms with van der Waals surface area (Å²) in [7, 11) is 0. The molecule has 230 valence electrons. The molecule has 0 spiro atoms. The summed E-state index contributed by atoms with van der Waals surface area (Å²) >= 11 is 1.48. The van der Waals surface area contributed by atoms with Crippen LogP contribution in [0.1, 0.15) is 44.9 Å². The number of nitrogens with one attached hydrogen (secondary N) is 2. The molecule has 5 aromatic rings. The van der Waals surface area contributed by atoms with Crippen LogP contribution in [0.2, 0.25) is 0 Å². The highest BCUT2D eigenvalue weighted by atomic mass is 32.1. The number of nitrogens with zero attached hydrogens (tertiary/aromatic N) is 6. The van der Waals surface area contributed by atoms with Crippen molar-refractivity contribution in [2.75, 3.05) is 22.1 Å². The van der Waals surface area contributed by atoms with E-state index < -0.39 is 6.03 Å². The van der Waals surface area contributed by atoms with Crippen LogP contribution in [0.25, 0.3) is 16.1 Å². The molecule has 1 aliphatic heterocycles. The number of aryl methyl sites for hydroxylation is 1. The van der Waals surface area contributed by atoms with Crippen molar-refractivity contribution in [2.24, 2.45) is 0 Å². The highest BCUT2D eigenvalue weighted by molar-refractivity contribution is 7.19. The van der Waals surface area contributed by atoms with E-state index in [2.05, 4.69) is 25.6 Å². The van der Waals surface area contributed by atoms with Crippen molar-refractivity contribution in [2.45, 2.75) is 46.0 Å². The van der Waals surface area contributed by atoms with Gasteiger partial charge >= 0.3 is 12.0 Å². The Labute approximate surface area is 263 Å². The maximum atomic E-state index is 13.8. The van der Waals surface area contributed by atoms with Gasteiger partial charge in [-0.2, -0.15) is 5.10 Å². The first-order valence-corrected chi connectivity index (χ1v) is 15.2. The summed E-state index contributed by atoms with van der Waals surface area (Å²) < 4.78 is 21.1. The second kappa shape index (κ2) is 12.1. The molecule has 1 fully saturated rings. The highest BCUT2D eigenvalue weighted by Gasteiger charge is 2.25. The minimum absolute atomic E-state index is 0.112. The average Bonchev–Trinajstić information content (AvgIpc) is 3.75. The monoisotopic (exact) mass is 626 g/mol. The molecule has 1 aliphatic rings. The number of carbonyl (C=O) groups excluding carboxylic acids is 2. The van der Waals surface area contributed by atoms with Gasteiger partial charge in [-0.05, 0) is 66.9 Å². The first-order valence-electron chi connectivity index (χ1n) is 14.3. The number of rotatable bonds is 7. The summed E-state index contributed by atoms with van der Waals surface area (Å²) in [6.07, 6.45) is 6.08. The molecule has 6 rings (SSSR count). The quantitative estimate of drug-likeness (QED) is 0.197. The normalized spacial score (nSPS) is 13.3. The molecule has 1 saturated heterocycles. The van der Waals surface area contributed by atoms with E-state index in [1.165, 1.54) is 35.9 Å². The van der Waals surface area contributed by atoms with Crippen LogP contribution in [0.3, 0.4) is 0 Å². The summed E-state index contributed by atoms with van der Waals surface area (Å²) in [5, 5.41) is 11.0. The van der Waals surface area contributed by atoms with Crippen molar-refractivity contribution >= 4 is 39.9 Å². The second-order valence-corrected chi connectivity index (χ2v) is 12.6. The molecule has 0 atom stereocenters. The van der Waals surface area contributed by atoms with E-state index in [0.29, 0.717) is 46.6 Å². The zero-order valence-electron chi connectivity index (χ0n) is 25.2. The first kappa shape index (κ1) is 29.9. The minimum atomic E-state index is -0.524. The van der Waals surface area contributed by atoms with Gasteiger partial charge in [0.2, 0.25) is 5.91 Å². The van der Waals surface area contributed by atoms with Crippen LogP contribution in [-0.4, -0.2) is 43.2 Å². The topological polar surface area (TPSA) is 127 Å². The zero-order valence-corrected chi connectivity index (χ0v) is 26.0. The number of hydrogen-bond donors (Lipinski definition) is 2. The standard InChI is InChI=1S/C32H31FN8O3S/c1-19-14-21(33)9-12-24(19)41-27(15-26(39-41)32(2,3)4)38-29(43)37-22-16-34-30(35-17-22)44-23-10-7-20(8-11-23)25-18-36-31(45-25)40-13-5-6-28(40)42/h7-12,14-18H,5-6,13H2,1-4H3,(H2,37,38,43). The largest absolute Gasteiger partial charge is 0.424 e. The van der Waals surface area contributed by atoms with E-state index >= 15 is 0 Å². The highest BCUT2D eigenvalue weighted by Crippen LogP contribution is 2.34. The fourth-order valence-corrected chi connectivity index (χ4v) is 5.72. The lowest BCUT2D eigenvalue weighted by molar-refractivity contribution is -0.117. The van der Waals surface area contributed by atoms with E-state index in [1.807, 2.05) is 32.9 Å². The van der Waals surface area contributed by atoms with Crippen molar-refractivity contribution in [3.05, 3.63) is 84.2 Å². The Morgan fingerprint density at radius 2 is 1.76 bits per heavy atom. The molecule has 3 amide bonds. The third-order valence-corrected chi connectivity index (χ3v) is 8.21. The second-order valence-electron chi connectivity index (χ2n) is 11.6. The number of anilines is 3. The van der Waals surface area contributed by atoms with E-state index in [9.17, 15) is 14.0 Å². The third kappa shape index (κ3) is 6.68. The summed E-state index contributed by atoms with van der Waals surface area (Å²) in [5.41, 5.74) is 3.11. The van der Waals surface area contributed by atoms with Crippen LogP contribution in [-0.2, 0) is 10.2 Å². The molecular weight excluding hydrogens is 595 g/mol. The van der Waals surface area contributed by atoms with Crippen LogP contribution in [0.15, 0.2) is 67.1 Å². The Bertz CT molecular complexity index is 1860. The van der Waals surface area contributed by atoms with E-state index in [-0.39, 0.29) is 23.1 Å². The minimum Gasteiger partial charge on any atom is -0.424 e.